The molecular weight excluding hydrogens is 360 g/mol. The number of aromatic amines is 1. The van der Waals surface area contributed by atoms with Crippen molar-refractivity contribution < 1.29 is 4.79 Å². The molecule has 3 fully saturated rings. The van der Waals surface area contributed by atoms with E-state index in [0.717, 1.165) is 64.2 Å². The molecule has 1 N–H and O–H groups in total. The maximum atomic E-state index is 13.1. The Balaban J connectivity index is 1.31. The number of nitrogens with zero attached hydrogens (tertiary/aromatic N) is 3. The maximum absolute atomic E-state index is 13.1. The van der Waals surface area contributed by atoms with E-state index in [2.05, 4.69) is 50.1 Å². The van der Waals surface area contributed by atoms with Gasteiger partial charge in [-0.3, -0.25) is 9.69 Å². The van der Waals surface area contributed by atoms with Crippen LogP contribution in [-0.4, -0.2) is 51.9 Å². The fourth-order valence-electron chi connectivity index (χ4n) is 6.00. The summed E-state index contributed by atoms with van der Waals surface area (Å²) in [6, 6.07) is 10.8. The summed E-state index contributed by atoms with van der Waals surface area (Å²) in [7, 11) is 0. The minimum Gasteiger partial charge on any atom is -0.348 e. The van der Waals surface area contributed by atoms with Crippen LogP contribution in [0.5, 0.6) is 0 Å². The van der Waals surface area contributed by atoms with Gasteiger partial charge in [0.25, 0.3) is 0 Å². The van der Waals surface area contributed by atoms with Gasteiger partial charge in [-0.1, -0.05) is 43.2 Å². The van der Waals surface area contributed by atoms with Crippen molar-refractivity contribution >= 4 is 5.91 Å². The summed E-state index contributed by atoms with van der Waals surface area (Å²) < 4.78 is 0. The van der Waals surface area contributed by atoms with E-state index in [1.54, 1.807) is 0 Å². The topological polar surface area (TPSA) is 52.2 Å². The third kappa shape index (κ3) is 3.85. The lowest BCUT2D eigenvalue weighted by Crippen LogP contribution is -2.39. The van der Waals surface area contributed by atoms with E-state index >= 15 is 0 Å². The minimum atomic E-state index is 0.219. The molecule has 0 bridgehead atoms. The average Bonchev–Trinajstić information content (AvgIpc) is 3.51. The molecule has 5 rings (SSSR count). The van der Waals surface area contributed by atoms with E-state index in [1.807, 2.05) is 12.4 Å². The zero-order valence-electron chi connectivity index (χ0n) is 17.2. The normalized spacial score (nSPS) is 27.6. The molecule has 1 saturated carbocycles. The predicted molar refractivity (Wildman–Crippen MR) is 113 cm³/mol. The Kier molecular flexibility index (Phi) is 5.17. The zero-order valence-corrected chi connectivity index (χ0v) is 17.2. The number of imidazole rings is 1. The molecule has 29 heavy (non-hydrogen) atoms. The van der Waals surface area contributed by atoms with E-state index in [4.69, 9.17) is 0 Å². The van der Waals surface area contributed by atoms with Crippen molar-refractivity contribution in [3.05, 3.63) is 54.1 Å². The van der Waals surface area contributed by atoms with Crippen LogP contribution >= 0.6 is 0 Å². The second kappa shape index (κ2) is 7.94. The van der Waals surface area contributed by atoms with E-state index in [-0.39, 0.29) is 5.41 Å². The van der Waals surface area contributed by atoms with Crippen molar-refractivity contribution in [1.29, 1.82) is 0 Å². The van der Waals surface area contributed by atoms with E-state index in [0.29, 0.717) is 17.7 Å². The van der Waals surface area contributed by atoms with Gasteiger partial charge in [0.1, 0.15) is 5.82 Å². The van der Waals surface area contributed by atoms with Gasteiger partial charge in [0, 0.05) is 49.9 Å². The van der Waals surface area contributed by atoms with Crippen LogP contribution in [0, 0.1) is 17.3 Å². The quantitative estimate of drug-likeness (QED) is 0.819. The zero-order chi connectivity index (χ0) is 19.7. The van der Waals surface area contributed by atoms with Crippen LogP contribution < -0.4 is 0 Å². The first kappa shape index (κ1) is 18.9. The molecule has 154 valence electrons. The summed E-state index contributed by atoms with van der Waals surface area (Å²) in [4.78, 5) is 25.6. The molecule has 2 aromatic rings. The molecule has 5 nitrogen and oxygen atoms in total. The fraction of sp³-hybridized carbons (Fsp3) is 0.583. The number of nitrogens with one attached hydrogen (secondary N) is 1. The molecule has 1 aliphatic carbocycles. The van der Waals surface area contributed by atoms with Gasteiger partial charge in [0.2, 0.25) is 5.91 Å². The van der Waals surface area contributed by atoms with Crippen molar-refractivity contribution in [2.75, 3.05) is 26.2 Å². The summed E-state index contributed by atoms with van der Waals surface area (Å²) in [6.45, 7) is 4.91. The monoisotopic (exact) mass is 392 g/mol. The number of hydrogen-bond acceptors (Lipinski definition) is 3. The molecule has 2 aliphatic heterocycles. The van der Waals surface area contributed by atoms with Gasteiger partial charge in [-0.25, -0.2) is 4.98 Å². The number of hydrogen-bond donors (Lipinski definition) is 1. The van der Waals surface area contributed by atoms with Crippen molar-refractivity contribution in [1.82, 2.24) is 19.8 Å². The predicted octanol–water partition coefficient (Wildman–Crippen LogP) is 3.49. The molecule has 2 atom stereocenters. The minimum absolute atomic E-state index is 0.219. The van der Waals surface area contributed by atoms with Crippen LogP contribution in [0.4, 0.5) is 0 Å². The first-order chi connectivity index (χ1) is 14.2. The van der Waals surface area contributed by atoms with Gasteiger partial charge in [-0.2, -0.15) is 0 Å². The Bertz CT molecular complexity index is 815. The lowest BCUT2D eigenvalue weighted by atomic mass is 9.76. The lowest BCUT2D eigenvalue weighted by Gasteiger charge is -2.30. The van der Waals surface area contributed by atoms with Crippen LogP contribution in [0.1, 0.15) is 43.5 Å². The summed E-state index contributed by atoms with van der Waals surface area (Å²) in [5, 5.41) is 0. The maximum Gasteiger partial charge on any atom is 0.225 e. The Morgan fingerprint density at radius 2 is 1.97 bits per heavy atom. The van der Waals surface area contributed by atoms with Crippen molar-refractivity contribution in [2.24, 2.45) is 17.3 Å². The second-order valence-corrected chi connectivity index (χ2v) is 9.45. The van der Waals surface area contributed by atoms with Gasteiger partial charge < -0.3 is 9.88 Å². The number of aromatic nitrogens is 2. The number of rotatable bonds is 6. The highest BCUT2D eigenvalue weighted by Gasteiger charge is 2.53. The van der Waals surface area contributed by atoms with Gasteiger partial charge >= 0.3 is 0 Å². The molecule has 0 spiro atoms. The molecule has 3 heterocycles. The number of aryl methyl sites for hydroxylation is 1. The van der Waals surface area contributed by atoms with E-state index < -0.39 is 0 Å². The Morgan fingerprint density at radius 3 is 2.72 bits per heavy atom. The molecule has 1 aromatic heterocycles. The number of carbonyl (C=O) groups excluding carboxylic acids is 1. The smallest absolute Gasteiger partial charge is 0.225 e. The van der Waals surface area contributed by atoms with Gasteiger partial charge in [0.05, 0.1) is 6.54 Å². The number of amides is 1. The number of likely N-dealkylation sites (tertiary alicyclic amines) is 2. The van der Waals surface area contributed by atoms with Gasteiger partial charge in [0.15, 0.2) is 0 Å². The summed E-state index contributed by atoms with van der Waals surface area (Å²) in [5.41, 5.74) is 1.63. The van der Waals surface area contributed by atoms with Crippen LogP contribution in [0.15, 0.2) is 42.7 Å². The highest BCUT2D eigenvalue weighted by atomic mass is 16.2. The number of H-pyrrole nitrogens is 1. The van der Waals surface area contributed by atoms with Gasteiger partial charge in [-0.15, -0.1) is 0 Å². The first-order valence-electron chi connectivity index (χ1n) is 11.3. The Hall–Kier alpha value is -2.14. The van der Waals surface area contributed by atoms with Crippen LogP contribution in [0.25, 0.3) is 0 Å². The summed E-state index contributed by atoms with van der Waals surface area (Å²) in [6.07, 6.45) is 10.6. The van der Waals surface area contributed by atoms with Crippen LogP contribution in [-0.2, 0) is 17.8 Å². The number of carbonyl (C=O) groups is 1. The largest absolute Gasteiger partial charge is 0.348 e. The molecular formula is C24H32N4O. The Morgan fingerprint density at radius 1 is 1.14 bits per heavy atom. The van der Waals surface area contributed by atoms with Crippen molar-refractivity contribution in [2.45, 2.75) is 45.1 Å². The molecule has 5 heteroatoms. The summed E-state index contributed by atoms with van der Waals surface area (Å²) >= 11 is 0. The van der Waals surface area contributed by atoms with Crippen LogP contribution in [0.3, 0.4) is 0 Å². The molecule has 2 unspecified atom stereocenters. The first-order valence-corrected chi connectivity index (χ1v) is 11.3. The standard InChI is InChI=1S/C24H32N4O/c29-23(20-8-4-5-9-20)28-15-21-14-27(16-22-25-12-13-26-22)17-24(21,18-28)11-10-19-6-2-1-3-7-19/h1-3,6-7,12-13,20-21H,4-5,8-11,14-18H2,(H,25,26). The van der Waals surface area contributed by atoms with Crippen molar-refractivity contribution in [3.8, 4) is 0 Å². The molecule has 2 saturated heterocycles. The summed E-state index contributed by atoms with van der Waals surface area (Å²) in [5.74, 6) is 2.35. The second-order valence-electron chi connectivity index (χ2n) is 9.45. The Labute approximate surface area is 173 Å². The third-order valence-corrected chi connectivity index (χ3v) is 7.53. The van der Waals surface area contributed by atoms with Gasteiger partial charge in [-0.05, 0) is 37.2 Å². The lowest BCUT2D eigenvalue weighted by molar-refractivity contribution is -0.134. The molecule has 0 radical (unpaired) electrons. The number of fused-ring (bicyclic) bond motifs is 1. The number of benzene rings is 1. The van der Waals surface area contributed by atoms with Crippen molar-refractivity contribution in [3.63, 3.8) is 0 Å². The SMILES string of the molecule is O=C(C1CCCC1)N1CC2CN(Cc3ncc[nH]3)CC2(CCc2ccccc2)C1. The highest BCUT2D eigenvalue weighted by Crippen LogP contribution is 2.47. The third-order valence-electron chi connectivity index (χ3n) is 7.53. The molecule has 1 aromatic carbocycles. The highest BCUT2D eigenvalue weighted by molar-refractivity contribution is 5.79. The fourth-order valence-corrected chi connectivity index (χ4v) is 6.00. The van der Waals surface area contributed by atoms with E-state index in [1.165, 1.54) is 18.4 Å². The molecule has 1 amide bonds. The molecule has 3 aliphatic rings. The average molecular weight is 393 g/mol. The van der Waals surface area contributed by atoms with Crippen LogP contribution in [0.2, 0.25) is 0 Å². The van der Waals surface area contributed by atoms with E-state index in [9.17, 15) is 4.79 Å².